The second-order valence-corrected chi connectivity index (χ2v) is 9.13. The molecule has 30 heavy (non-hydrogen) atoms. The molecule has 10 nitrogen and oxygen atoms in total. The Morgan fingerprint density at radius 1 is 1.23 bits per heavy atom. The number of hydrogen-bond acceptors (Lipinski definition) is 8. The summed E-state index contributed by atoms with van der Waals surface area (Å²) in [5, 5.41) is 11.1. The second-order valence-electron chi connectivity index (χ2n) is 6.14. The van der Waals surface area contributed by atoms with Gasteiger partial charge in [0, 0.05) is 18.4 Å². The summed E-state index contributed by atoms with van der Waals surface area (Å²) in [5.41, 5.74) is 0.00909. The fraction of sp³-hybridized carbons (Fsp3) is 0.167. The standard InChI is InChI=1S/C18H15N3O7S2/c1-28-16(22)10-20-13-9-11(21(24)25)7-8-14(13)29-18(20)19-17(23)12-5-3-4-6-15(12)30(2,26)27/h3-9H,10H2,1-2H3. The molecule has 0 atom stereocenters. The van der Waals surface area contributed by atoms with Crippen LogP contribution in [-0.4, -0.2) is 43.2 Å². The van der Waals surface area contributed by atoms with Gasteiger partial charge < -0.3 is 9.30 Å². The number of rotatable bonds is 5. The zero-order valence-electron chi connectivity index (χ0n) is 15.8. The number of carbonyl (C=O) groups excluding carboxylic acids is 2. The number of nitro benzene ring substituents is 1. The number of nitrogens with zero attached hydrogens (tertiary/aromatic N) is 3. The minimum Gasteiger partial charge on any atom is -0.468 e. The van der Waals surface area contributed by atoms with Crippen LogP contribution in [-0.2, 0) is 25.9 Å². The minimum absolute atomic E-state index is 0.0733. The highest BCUT2D eigenvalue weighted by molar-refractivity contribution is 7.90. The summed E-state index contributed by atoms with van der Waals surface area (Å²) in [6.07, 6.45) is 0.981. The molecule has 1 amide bonds. The molecule has 0 saturated heterocycles. The Balaban J connectivity index is 2.23. The molecule has 1 aromatic heterocycles. The first-order valence-corrected chi connectivity index (χ1v) is 11.1. The Morgan fingerprint density at radius 2 is 1.93 bits per heavy atom. The lowest BCUT2D eigenvalue weighted by atomic mass is 10.2. The van der Waals surface area contributed by atoms with E-state index in [9.17, 15) is 28.1 Å². The monoisotopic (exact) mass is 449 g/mol. The van der Waals surface area contributed by atoms with E-state index in [1.807, 2.05) is 0 Å². The fourth-order valence-electron chi connectivity index (χ4n) is 2.72. The number of fused-ring (bicyclic) bond motifs is 1. The third-order valence-electron chi connectivity index (χ3n) is 4.11. The molecule has 12 heteroatoms. The second kappa shape index (κ2) is 8.16. The number of aromatic nitrogens is 1. The van der Waals surface area contributed by atoms with E-state index in [1.54, 1.807) is 0 Å². The number of benzene rings is 2. The highest BCUT2D eigenvalue weighted by Gasteiger charge is 2.19. The highest BCUT2D eigenvalue weighted by Crippen LogP contribution is 2.23. The summed E-state index contributed by atoms with van der Waals surface area (Å²) in [6.45, 7) is -0.336. The Morgan fingerprint density at radius 3 is 2.57 bits per heavy atom. The molecule has 0 bridgehead atoms. The lowest BCUT2D eigenvalue weighted by molar-refractivity contribution is -0.384. The summed E-state index contributed by atoms with van der Waals surface area (Å²) in [4.78, 5) is 39.1. The van der Waals surface area contributed by atoms with Gasteiger partial charge in [-0.05, 0) is 18.2 Å². The van der Waals surface area contributed by atoms with Gasteiger partial charge >= 0.3 is 5.97 Å². The normalized spacial score (nSPS) is 12.1. The number of sulfone groups is 1. The third kappa shape index (κ3) is 4.28. The van der Waals surface area contributed by atoms with Crippen molar-refractivity contribution >= 4 is 49.0 Å². The predicted molar refractivity (Wildman–Crippen MR) is 108 cm³/mol. The van der Waals surface area contributed by atoms with Crippen LogP contribution in [0.5, 0.6) is 0 Å². The zero-order chi connectivity index (χ0) is 22.1. The van der Waals surface area contributed by atoms with E-state index in [4.69, 9.17) is 0 Å². The number of ether oxygens (including phenoxy) is 1. The van der Waals surface area contributed by atoms with Crippen LogP contribution in [0.1, 0.15) is 10.4 Å². The van der Waals surface area contributed by atoms with E-state index in [1.165, 1.54) is 54.1 Å². The zero-order valence-corrected chi connectivity index (χ0v) is 17.4. The van der Waals surface area contributed by atoms with Gasteiger partial charge in [0.1, 0.15) is 6.54 Å². The molecule has 156 valence electrons. The number of esters is 1. The molecule has 2 aromatic carbocycles. The van der Waals surface area contributed by atoms with Gasteiger partial charge in [-0.1, -0.05) is 23.5 Å². The molecule has 0 aliphatic carbocycles. The molecule has 0 spiro atoms. The Kier molecular flexibility index (Phi) is 5.80. The van der Waals surface area contributed by atoms with Crippen LogP contribution in [0.3, 0.4) is 0 Å². The third-order valence-corrected chi connectivity index (χ3v) is 6.32. The molecule has 3 rings (SSSR count). The van der Waals surface area contributed by atoms with Crippen molar-refractivity contribution in [3.05, 3.63) is 62.9 Å². The number of methoxy groups -OCH3 is 1. The molecule has 0 saturated carbocycles. The van der Waals surface area contributed by atoms with Gasteiger partial charge in [-0.15, -0.1) is 0 Å². The molecule has 1 heterocycles. The summed E-state index contributed by atoms with van der Waals surface area (Å²) in [7, 11) is -2.49. The van der Waals surface area contributed by atoms with Gasteiger partial charge in [0.15, 0.2) is 14.6 Å². The van der Waals surface area contributed by atoms with Gasteiger partial charge in [0.25, 0.3) is 11.6 Å². The molecule has 3 aromatic rings. The number of hydrogen-bond donors (Lipinski definition) is 0. The van der Waals surface area contributed by atoms with Crippen molar-refractivity contribution in [1.29, 1.82) is 0 Å². The van der Waals surface area contributed by atoms with Crippen molar-refractivity contribution in [2.45, 2.75) is 11.4 Å². The maximum Gasteiger partial charge on any atom is 0.325 e. The van der Waals surface area contributed by atoms with Gasteiger partial charge in [0.05, 0.1) is 32.7 Å². The van der Waals surface area contributed by atoms with E-state index in [-0.39, 0.29) is 27.5 Å². The van der Waals surface area contributed by atoms with Gasteiger partial charge in [-0.25, -0.2) is 8.42 Å². The van der Waals surface area contributed by atoms with Gasteiger partial charge in [-0.2, -0.15) is 4.99 Å². The largest absolute Gasteiger partial charge is 0.468 e. The van der Waals surface area contributed by atoms with E-state index in [2.05, 4.69) is 9.73 Å². The van der Waals surface area contributed by atoms with Crippen molar-refractivity contribution in [2.24, 2.45) is 4.99 Å². The maximum absolute atomic E-state index is 12.8. The van der Waals surface area contributed by atoms with E-state index in [0.717, 1.165) is 17.6 Å². The van der Waals surface area contributed by atoms with E-state index >= 15 is 0 Å². The average molecular weight is 449 g/mol. The van der Waals surface area contributed by atoms with E-state index < -0.39 is 26.6 Å². The first-order valence-electron chi connectivity index (χ1n) is 8.34. The van der Waals surface area contributed by atoms with Crippen LogP contribution < -0.4 is 4.80 Å². The number of carbonyl (C=O) groups is 2. The van der Waals surface area contributed by atoms with Crippen molar-refractivity contribution < 1.29 is 27.7 Å². The average Bonchev–Trinajstić information content (AvgIpc) is 3.03. The predicted octanol–water partition coefficient (Wildman–Crippen LogP) is 1.93. The van der Waals surface area contributed by atoms with Crippen LogP contribution in [0.25, 0.3) is 10.2 Å². The number of amides is 1. The first-order chi connectivity index (χ1) is 14.1. The molecule has 0 fully saturated rings. The Labute approximate surface area is 174 Å². The fourth-order valence-corrected chi connectivity index (χ4v) is 4.61. The van der Waals surface area contributed by atoms with Gasteiger partial charge in [0.2, 0.25) is 0 Å². The Bertz CT molecular complexity index is 1350. The smallest absolute Gasteiger partial charge is 0.325 e. The van der Waals surface area contributed by atoms with E-state index in [0.29, 0.717) is 10.2 Å². The maximum atomic E-state index is 12.8. The molecule has 0 N–H and O–H groups in total. The summed E-state index contributed by atoms with van der Waals surface area (Å²) in [6, 6.07) is 9.69. The topological polar surface area (TPSA) is 138 Å². The first kappa shape index (κ1) is 21.3. The SMILES string of the molecule is COC(=O)Cn1c(=NC(=O)c2ccccc2S(C)(=O)=O)sc2ccc([N+](=O)[O-])cc21. The lowest BCUT2D eigenvalue weighted by Crippen LogP contribution is -2.22. The van der Waals surface area contributed by atoms with Crippen LogP contribution >= 0.6 is 11.3 Å². The summed E-state index contributed by atoms with van der Waals surface area (Å²) >= 11 is 1.03. The van der Waals surface area contributed by atoms with Crippen LogP contribution in [0.15, 0.2) is 52.4 Å². The summed E-state index contributed by atoms with van der Waals surface area (Å²) < 4.78 is 30.5. The molecular formula is C18H15N3O7S2. The summed E-state index contributed by atoms with van der Waals surface area (Å²) in [5.74, 6) is -1.47. The van der Waals surface area contributed by atoms with Crippen molar-refractivity contribution in [1.82, 2.24) is 4.57 Å². The molecular weight excluding hydrogens is 434 g/mol. The Hall–Kier alpha value is -3.38. The number of thiazole rings is 1. The molecule has 0 unspecified atom stereocenters. The van der Waals surface area contributed by atoms with Crippen LogP contribution in [0, 0.1) is 10.1 Å². The van der Waals surface area contributed by atoms with Crippen LogP contribution in [0.4, 0.5) is 5.69 Å². The van der Waals surface area contributed by atoms with Gasteiger partial charge in [-0.3, -0.25) is 19.7 Å². The highest BCUT2D eigenvalue weighted by atomic mass is 32.2. The molecule has 0 radical (unpaired) electrons. The number of nitro groups is 1. The van der Waals surface area contributed by atoms with Crippen molar-refractivity contribution in [2.75, 3.05) is 13.4 Å². The van der Waals surface area contributed by atoms with Crippen LogP contribution in [0.2, 0.25) is 0 Å². The van der Waals surface area contributed by atoms with Crippen molar-refractivity contribution in [3.8, 4) is 0 Å². The molecule has 0 aliphatic rings. The quantitative estimate of drug-likeness (QED) is 0.329. The minimum atomic E-state index is -3.68. The number of non-ortho nitro benzene ring substituents is 1. The lowest BCUT2D eigenvalue weighted by Gasteiger charge is -2.05. The van der Waals surface area contributed by atoms with Crippen molar-refractivity contribution in [3.63, 3.8) is 0 Å². The molecule has 0 aliphatic heterocycles.